The zero-order chi connectivity index (χ0) is 13.0. The fourth-order valence-electron chi connectivity index (χ4n) is 1.44. The summed E-state index contributed by atoms with van der Waals surface area (Å²) in [5, 5.41) is 0. The molecule has 0 saturated carbocycles. The zero-order valence-electron chi connectivity index (χ0n) is 9.97. The van der Waals surface area contributed by atoms with Crippen LogP contribution in [-0.2, 0) is 6.61 Å². The Morgan fingerprint density at radius 2 is 2.00 bits per heavy atom. The van der Waals surface area contributed by atoms with Crippen LogP contribution in [0.15, 0.2) is 36.4 Å². The number of nitrogens with two attached hydrogens (primary N) is 1. The maximum absolute atomic E-state index is 11.3. The number of hydrazine groups is 1. The Morgan fingerprint density at radius 3 is 2.67 bits per heavy atom. The van der Waals surface area contributed by atoms with Crippen LogP contribution in [0.2, 0.25) is 0 Å². The van der Waals surface area contributed by atoms with Gasteiger partial charge in [0.15, 0.2) is 0 Å². The summed E-state index contributed by atoms with van der Waals surface area (Å²) in [4.78, 5) is 12.8. The second-order valence-electron chi connectivity index (χ2n) is 3.84. The van der Waals surface area contributed by atoms with Gasteiger partial charge in [-0.2, -0.15) is 0 Å². The van der Waals surface area contributed by atoms with Gasteiger partial charge in [0, 0.05) is 4.88 Å². The Hall–Kier alpha value is -1.85. The molecule has 3 N–H and O–H groups in total. The number of hydrogen-bond donors (Lipinski definition) is 2. The molecule has 1 aromatic heterocycles. The molecule has 2 aromatic rings. The van der Waals surface area contributed by atoms with E-state index >= 15 is 0 Å². The number of carbonyl (C=O) groups excluding carboxylic acids is 1. The van der Waals surface area contributed by atoms with Gasteiger partial charge in [-0.25, -0.2) is 5.84 Å². The predicted octanol–water partition coefficient (Wildman–Crippen LogP) is 2.24. The van der Waals surface area contributed by atoms with Gasteiger partial charge in [0.1, 0.15) is 12.4 Å². The van der Waals surface area contributed by atoms with E-state index in [1.54, 1.807) is 6.07 Å². The quantitative estimate of drug-likeness (QED) is 0.504. The topological polar surface area (TPSA) is 64.3 Å². The summed E-state index contributed by atoms with van der Waals surface area (Å²) in [5.41, 5.74) is 3.30. The summed E-state index contributed by atoms with van der Waals surface area (Å²) in [6.07, 6.45) is 0. The Bertz CT molecular complexity index is 534. The van der Waals surface area contributed by atoms with Gasteiger partial charge in [0.25, 0.3) is 5.91 Å². The van der Waals surface area contributed by atoms with Crippen LogP contribution in [0, 0.1) is 6.92 Å². The molecule has 5 heteroatoms. The van der Waals surface area contributed by atoms with Gasteiger partial charge in [-0.05, 0) is 31.2 Å². The summed E-state index contributed by atoms with van der Waals surface area (Å²) in [6.45, 7) is 2.48. The van der Waals surface area contributed by atoms with E-state index in [4.69, 9.17) is 10.6 Å². The van der Waals surface area contributed by atoms with Crippen molar-refractivity contribution < 1.29 is 9.53 Å². The highest BCUT2D eigenvalue weighted by atomic mass is 32.1. The van der Waals surface area contributed by atoms with Crippen molar-refractivity contribution >= 4 is 17.2 Å². The van der Waals surface area contributed by atoms with Crippen LogP contribution in [0.1, 0.15) is 20.1 Å². The third-order valence-corrected chi connectivity index (χ3v) is 3.48. The lowest BCUT2D eigenvalue weighted by molar-refractivity contribution is 0.0957. The van der Waals surface area contributed by atoms with Crippen LogP contribution in [0.25, 0.3) is 0 Å². The second-order valence-corrected chi connectivity index (χ2v) is 5.01. The number of benzene rings is 1. The van der Waals surface area contributed by atoms with Crippen molar-refractivity contribution in [1.29, 1.82) is 0 Å². The van der Waals surface area contributed by atoms with Gasteiger partial charge >= 0.3 is 0 Å². The molecule has 0 aliphatic heterocycles. The standard InChI is InChI=1S/C13H14N2O2S/c1-9-2-4-10(5-3-9)17-8-11-6-7-12(18-11)13(16)15-14/h2-7H,8,14H2,1H3,(H,15,16). The molecule has 1 amide bonds. The van der Waals surface area contributed by atoms with E-state index in [2.05, 4.69) is 5.43 Å². The van der Waals surface area contributed by atoms with E-state index < -0.39 is 0 Å². The fraction of sp³-hybridized carbons (Fsp3) is 0.154. The van der Waals surface area contributed by atoms with Crippen molar-refractivity contribution in [2.75, 3.05) is 0 Å². The molecule has 1 aromatic carbocycles. The lowest BCUT2D eigenvalue weighted by atomic mass is 10.2. The number of thiophene rings is 1. The molecule has 0 atom stereocenters. The number of ether oxygens (including phenoxy) is 1. The van der Waals surface area contributed by atoms with Crippen LogP contribution in [0.4, 0.5) is 0 Å². The molecule has 0 spiro atoms. The summed E-state index contributed by atoms with van der Waals surface area (Å²) < 4.78 is 5.62. The number of nitrogens with one attached hydrogen (secondary N) is 1. The lowest BCUT2D eigenvalue weighted by Crippen LogP contribution is -2.29. The summed E-state index contributed by atoms with van der Waals surface area (Å²) in [5.74, 6) is 5.61. The number of hydrogen-bond acceptors (Lipinski definition) is 4. The van der Waals surface area contributed by atoms with Crippen LogP contribution in [0.5, 0.6) is 5.75 Å². The van der Waals surface area contributed by atoms with Crippen molar-refractivity contribution in [3.63, 3.8) is 0 Å². The largest absolute Gasteiger partial charge is 0.488 e. The minimum atomic E-state index is -0.276. The Labute approximate surface area is 109 Å². The maximum Gasteiger partial charge on any atom is 0.275 e. The van der Waals surface area contributed by atoms with E-state index in [0.717, 1.165) is 10.6 Å². The number of carbonyl (C=O) groups is 1. The van der Waals surface area contributed by atoms with Gasteiger partial charge in [-0.1, -0.05) is 17.7 Å². The first-order valence-corrected chi connectivity index (χ1v) is 6.30. The summed E-state index contributed by atoms with van der Waals surface area (Å²) >= 11 is 1.37. The minimum absolute atomic E-state index is 0.276. The van der Waals surface area contributed by atoms with Gasteiger partial charge in [0.05, 0.1) is 4.88 Å². The maximum atomic E-state index is 11.3. The van der Waals surface area contributed by atoms with E-state index in [0.29, 0.717) is 11.5 Å². The molecule has 4 nitrogen and oxygen atoms in total. The average Bonchev–Trinajstić information content (AvgIpc) is 2.86. The van der Waals surface area contributed by atoms with E-state index in [9.17, 15) is 4.79 Å². The van der Waals surface area contributed by atoms with Crippen LogP contribution < -0.4 is 16.0 Å². The monoisotopic (exact) mass is 262 g/mol. The highest BCUT2D eigenvalue weighted by molar-refractivity contribution is 7.14. The zero-order valence-corrected chi connectivity index (χ0v) is 10.8. The van der Waals surface area contributed by atoms with Crippen LogP contribution >= 0.6 is 11.3 Å². The Morgan fingerprint density at radius 1 is 1.28 bits per heavy atom. The molecular formula is C13H14N2O2S. The Balaban J connectivity index is 1.96. The fourth-order valence-corrected chi connectivity index (χ4v) is 2.26. The first-order valence-electron chi connectivity index (χ1n) is 5.48. The van der Waals surface area contributed by atoms with Gasteiger partial charge < -0.3 is 4.74 Å². The molecule has 0 unspecified atom stereocenters. The van der Waals surface area contributed by atoms with Gasteiger partial charge in [-0.15, -0.1) is 11.3 Å². The number of rotatable bonds is 4. The molecule has 0 saturated heterocycles. The molecule has 2 rings (SSSR count). The van der Waals surface area contributed by atoms with Crippen LogP contribution in [-0.4, -0.2) is 5.91 Å². The smallest absolute Gasteiger partial charge is 0.275 e. The highest BCUT2D eigenvalue weighted by Gasteiger charge is 2.07. The lowest BCUT2D eigenvalue weighted by Gasteiger charge is -2.04. The molecule has 0 fully saturated rings. The van der Waals surface area contributed by atoms with Gasteiger partial charge in [-0.3, -0.25) is 10.2 Å². The molecule has 0 bridgehead atoms. The number of aryl methyl sites for hydroxylation is 1. The van der Waals surface area contributed by atoms with Gasteiger partial charge in [0.2, 0.25) is 0 Å². The second kappa shape index (κ2) is 5.66. The Kier molecular flexibility index (Phi) is 3.96. The number of amides is 1. The first-order chi connectivity index (χ1) is 8.69. The molecule has 0 radical (unpaired) electrons. The SMILES string of the molecule is Cc1ccc(OCc2ccc(C(=O)NN)s2)cc1. The molecule has 1 heterocycles. The third-order valence-electron chi connectivity index (χ3n) is 2.42. The molecule has 0 aliphatic rings. The molecular weight excluding hydrogens is 248 g/mol. The van der Waals surface area contributed by atoms with Crippen molar-refractivity contribution in [3.8, 4) is 5.75 Å². The van der Waals surface area contributed by atoms with E-state index in [1.807, 2.05) is 37.3 Å². The third kappa shape index (κ3) is 3.09. The molecule has 18 heavy (non-hydrogen) atoms. The first kappa shape index (κ1) is 12.6. The summed E-state index contributed by atoms with van der Waals surface area (Å²) in [7, 11) is 0. The predicted molar refractivity (Wildman–Crippen MR) is 71.5 cm³/mol. The van der Waals surface area contributed by atoms with Crippen molar-refractivity contribution in [1.82, 2.24) is 5.43 Å². The van der Waals surface area contributed by atoms with Crippen molar-refractivity contribution in [2.24, 2.45) is 5.84 Å². The highest BCUT2D eigenvalue weighted by Crippen LogP contribution is 2.19. The van der Waals surface area contributed by atoms with Crippen molar-refractivity contribution in [3.05, 3.63) is 51.7 Å². The number of nitrogen functional groups attached to an aromatic ring is 1. The van der Waals surface area contributed by atoms with E-state index in [1.165, 1.54) is 16.9 Å². The normalized spacial score (nSPS) is 10.1. The minimum Gasteiger partial charge on any atom is -0.488 e. The van der Waals surface area contributed by atoms with Crippen molar-refractivity contribution in [2.45, 2.75) is 13.5 Å². The molecule has 0 aliphatic carbocycles. The molecule has 94 valence electrons. The summed E-state index contributed by atoms with van der Waals surface area (Å²) in [6, 6.07) is 11.4. The van der Waals surface area contributed by atoms with E-state index in [-0.39, 0.29) is 5.91 Å². The van der Waals surface area contributed by atoms with Crippen LogP contribution in [0.3, 0.4) is 0 Å². The average molecular weight is 262 g/mol.